The molecule has 0 unspecified atom stereocenters. The minimum atomic E-state index is -0.142. The van der Waals surface area contributed by atoms with Gasteiger partial charge in [-0.15, -0.1) is 11.3 Å². The van der Waals surface area contributed by atoms with Crippen LogP contribution in [0.2, 0.25) is 5.02 Å². The molecule has 19 heavy (non-hydrogen) atoms. The zero-order valence-corrected chi connectivity index (χ0v) is 11.7. The Hall–Kier alpha value is -1.56. The number of halogens is 1. The van der Waals surface area contributed by atoms with Crippen LogP contribution in [0.1, 0.15) is 11.3 Å². The van der Waals surface area contributed by atoms with E-state index in [0.29, 0.717) is 22.3 Å². The summed E-state index contributed by atoms with van der Waals surface area (Å²) in [7, 11) is 0. The van der Waals surface area contributed by atoms with Gasteiger partial charge in [0.15, 0.2) is 4.96 Å². The fourth-order valence-electron chi connectivity index (χ4n) is 1.83. The molecule has 0 radical (unpaired) electrons. The standard InChI is InChI=1S/C13H11ClN2O2S/c1-8-2-3-11(9(14)6-8)18-12-10(7-17)16-4-5-19-13(16)15-12/h2-6,17H,7H2,1H3. The van der Waals surface area contributed by atoms with Gasteiger partial charge in [-0.2, -0.15) is 4.98 Å². The summed E-state index contributed by atoms with van der Waals surface area (Å²) in [5.74, 6) is 0.924. The molecule has 1 N–H and O–H groups in total. The molecule has 0 saturated carbocycles. The van der Waals surface area contributed by atoms with Gasteiger partial charge in [0.2, 0.25) is 5.88 Å². The SMILES string of the molecule is Cc1ccc(Oc2nc3sccn3c2CO)c(Cl)c1. The molecule has 0 atom stereocenters. The van der Waals surface area contributed by atoms with Crippen LogP contribution in [0.5, 0.6) is 11.6 Å². The summed E-state index contributed by atoms with van der Waals surface area (Å²) in [6.07, 6.45) is 1.85. The van der Waals surface area contributed by atoms with E-state index in [-0.39, 0.29) is 6.61 Å². The van der Waals surface area contributed by atoms with Crippen LogP contribution in [-0.4, -0.2) is 14.5 Å². The normalized spacial score (nSPS) is 11.1. The third-order valence-corrected chi connectivity index (χ3v) is 3.82. The third-order valence-electron chi connectivity index (χ3n) is 2.77. The largest absolute Gasteiger partial charge is 0.436 e. The number of aliphatic hydroxyl groups excluding tert-OH is 1. The van der Waals surface area contributed by atoms with E-state index in [4.69, 9.17) is 16.3 Å². The van der Waals surface area contributed by atoms with E-state index >= 15 is 0 Å². The molecule has 2 heterocycles. The molecule has 6 heteroatoms. The number of rotatable bonds is 3. The van der Waals surface area contributed by atoms with E-state index in [1.54, 1.807) is 6.07 Å². The van der Waals surface area contributed by atoms with Crippen LogP contribution in [0.15, 0.2) is 29.8 Å². The number of fused-ring (bicyclic) bond motifs is 1. The lowest BCUT2D eigenvalue weighted by molar-refractivity contribution is 0.270. The van der Waals surface area contributed by atoms with Crippen molar-refractivity contribution >= 4 is 27.9 Å². The topological polar surface area (TPSA) is 46.8 Å². The maximum atomic E-state index is 9.45. The average Bonchev–Trinajstić information content (AvgIpc) is 2.92. The van der Waals surface area contributed by atoms with Crippen molar-refractivity contribution in [3.63, 3.8) is 0 Å². The van der Waals surface area contributed by atoms with Crippen molar-refractivity contribution in [2.45, 2.75) is 13.5 Å². The smallest absolute Gasteiger partial charge is 0.244 e. The predicted octanol–water partition coefficient (Wildman–Crippen LogP) is 3.64. The molecule has 0 saturated heterocycles. The van der Waals surface area contributed by atoms with Crippen LogP contribution in [0.25, 0.3) is 4.96 Å². The number of benzene rings is 1. The second kappa shape index (κ2) is 4.85. The highest BCUT2D eigenvalue weighted by atomic mass is 35.5. The van der Waals surface area contributed by atoms with Gasteiger partial charge >= 0.3 is 0 Å². The summed E-state index contributed by atoms with van der Waals surface area (Å²) in [6.45, 7) is 1.82. The summed E-state index contributed by atoms with van der Waals surface area (Å²) in [5, 5.41) is 11.9. The molecule has 98 valence electrons. The molecule has 0 aliphatic carbocycles. The Balaban J connectivity index is 2.02. The second-order valence-electron chi connectivity index (χ2n) is 4.11. The van der Waals surface area contributed by atoms with Gasteiger partial charge < -0.3 is 9.84 Å². The number of aliphatic hydroxyl groups is 1. The summed E-state index contributed by atoms with van der Waals surface area (Å²) >= 11 is 7.61. The summed E-state index contributed by atoms with van der Waals surface area (Å²) in [4.78, 5) is 5.12. The lowest BCUT2D eigenvalue weighted by Gasteiger charge is -2.07. The van der Waals surface area contributed by atoms with E-state index in [9.17, 15) is 5.11 Å². The lowest BCUT2D eigenvalue weighted by atomic mass is 10.2. The average molecular weight is 295 g/mol. The molecule has 0 aliphatic heterocycles. The number of ether oxygens (including phenoxy) is 1. The fourth-order valence-corrected chi connectivity index (χ4v) is 2.83. The molecule has 0 aliphatic rings. The summed E-state index contributed by atoms with van der Waals surface area (Å²) in [6, 6.07) is 5.54. The molecular formula is C13H11ClN2O2S. The van der Waals surface area contributed by atoms with Crippen LogP contribution in [0.3, 0.4) is 0 Å². The first kappa shape index (κ1) is 12.5. The monoisotopic (exact) mass is 294 g/mol. The van der Waals surface area contributed by atoms with Gasteiger partial charge in [-0.1, -0.05) is 17.7 Å². The maximum Gasteiger partial charge on any atom is 0.244 e. The third kappa shape index (κ3) is 2.20. The van der Waals surface area contributed by atoms with E-state index in [0.717, 1.165) is 10.5 Å². The lowest BCUT2D eigenvalue weighted by Crippen LogP contribution is -1.94. The summed E-state index contributed by atoms with van der Waals surface area (Å²) < 4.78 is 7.52. The highest BCUT2D eigenvalue weighted by molar-refractivity contribution is 7.15. The number of hydrogen-bond acceptors (Lipinski definition) is 4. The van der Waals surface area contributed by atoms with Gasteiger partial charge in [0, 0.05) is 11.6 Å². The van der Waals surface area contributed by atoms with Gasteiger partial charge in [0.25, 0.3) is 0 Å². The Morgan fingerprint density at radius 3 is 3.05 bits per heavy atom. The molecule has 0 bridgehead atoms. The molecule has 0 amide bonds. The predicted molar refractivity (Wildman–Crippen MR) is 75.3 cm³/mol. The van der Waals surface area contributed by atoms with Crippen LogP contribution in [-0.2, 0) is 6.61 Å². The molecule has 1 aromatic carbocycles. The van der Waals surface area contributed by atoms with Crippen molar-refractivity contribution in [2.24, 2.45) is 0 Å². The number of thiazole rings is 1. The fraction of sp³-hybridized carbons (Fsp3) is 0.154. The van der Waals surface area contributed by atoms with E-state index < -0.39 is 0 Å². The van der Waals surface area contributed by atoms with E-state index in [1.807, 2.05) is 35.0 Å². The molecule has 0 spiro atoms. The zero-order chi connectivity index (χ0) is 13.4. The molecule has 3 aromatic rings. The van der Waals surface area contributed by atoms with Gasteiger partial charge in [0.05, 0.1) is 11.6 Å². The highest BCUT2D eigenvalue weighted by Gasteiger charge is 2.15. The van der Waals surface area contributed by atoms with Crippen LogP contribution in [0.4, 0.5) is 0 Å². The summed E-state index contributed by atoms with van der Waals surface area (Å²) in [5.41, 5.74) is 1.68. The van der Waals surface area contributed by atoms with Gasteiger partial charge in [0.1, 0.15) is 11.4 Å². The zero-order valence-electron chi connectivity index (χ0n) is 10.1. The molecule has 3 rings (SSSR count). The minimum absolute atomic E-state index is 0.142. The first-order chi connectivity index (χ1) is 9.19. The Morgan fingerprint density at radius 2 is 2.32 bits per heavy atom. The second-order valence-corrected chi connectivity index (χ2v) is 5.39. The molecule has 2 aromatic heterocycles. The molecule has 0 fully saturated rings. The van der Waals surface area contributed by atoms with Gasteiger partial charge in [-0.05, 0) is 24.6 Å². The highest BCUT2D eigenvalue weighted by Crippen LogP contribution is 2.32. The number of nitrogens with zero attached hydrogens (tertiary/aromatic N) is 2. The van der Waals surface area contributed by atoms with Crippen molar-refractivity contribution in [1.29, 1.82) is 0 Å². The first-order valence-electron chi connectivity index (χ1n) is 5.68. The van der Waals surface area contributed by atoms with Crippen LogP contribution >= 0.6 is 22.9 Å². The number of hydrogen-bond donors (Lipinski definition) is 1. The van der Waals surface area contributed by atoms with Crippen molar-refractivity contribution in [2.75, 3.05) is 0 Å². The van der Waals surface area contributed by atoms with Gasteiger partial charge in [-0.25, -0.2) is 0 Å². The van der Waals surface area contributed by atoms with E-state index in [2.05, 4.69) is 4.98 Å². The van der Waals surface area contributed by atoms with Crippen molar-refractivity contribution < 1.29 is 9.84 Å². The quantitative estimate of drug-likeness (QED) is 0.802. The maximum absolute atomic E-state index is 9.45. The first-order valence-corrected chi connectivity index (χ1v) is 6.94. The van der Waals surface area contributed by atoms with E-state index in [1.165, 1.54) is 11.3 Å². The Labute approximate surface area is 118 Å². The molecule has 4 nitrogen and oxygen atoms in total. The molecular weight excluding hydrogens is 284 g/mol. The van der Waals surface area contributed by atoms with Crippen LogP contribution < -0.4 is 4.74 Å². The number of aryl methyl sites for hydroxylation is 1. The van der Waals surface area contributed by atoms with Crippen molar-refractivity contribution in [1.82, 2.24) is 9.38 Å². The minimum Gasteiger partial charge on any atom is -0.436 e. The Morgan fingerprint density at radius 1 is 1.47 bits per heavy atom. The van der Waals surface area contributed by atoms with Crippen LogP contribution in [0, 0.1) is 6.92 Å². The van der Waals surface area contributed by atoms with Gasteiger partial charge in [-0.3, -0.25) is 4.40 Å². The Kier molecular flexibility index (Phi) is 3.18. The van der Waals surface area contributed by atoms with Crippen molar-refractivity contribution in [3.05, 3.63) is 46.1 Å². The van der Waals surface area contributed by atoms with Crippen molar-refractivity contribution in [3.8, 4) is 11.6 Å². The Bertz CT molecular complexity index is 735. The number of aromatic nitrogens is 2. The number of imidazole rings is 1.